The van der Waals surface area contributed by atoms with Gasteiger partial charge in [0.1, 0.15) is 22.2 Å². The van der Waals surface area contributed by atoms with Crippen LogP contribution in [0.1, 0.15) is 49.9 Å². The predicted molar refractivity (Wildman–Crippen MR) is 392 cm³/mol. The number of hydrogen-bond donors (Lipinski definition) is 0. The fraction of sp³-hybridized carbons (Fsp3) is 0.0698. The second kappa shape index (κ2) is 20.7. The Kier molecular flexibility index (Phi) is 12.0. The molecule has 0 unspecified atom stereocenters. The van der Waals surface area contributed by atoms with Crippen LogP contribution in [-0.4, -0.2) is 19.9 Å². The molecule has 0 saturated heterocycles. The number of hydrogen-bond acceptors (Lipinski definition) is 8. The Hall–Kier alpha value is -11.2. The fourth-order valence-electron chi connectivity index (χ4n) is 15.6. The van der Waals surface area contributed by atoms with E-state index in [0.717, 1.165) is 77.7 Å². The van der Waals surface area contributed by atoms with Crippen LogP contribution in [0.5, 0.6) is 0 Å². The summed E-state index contributed by atoms with van der Waals surface area (Å²) in [6.45, 7) is 9.29. The van der Waals surface area contributed by atoms with E-state index in [1.54, 1.807) is 0 Å². The van der Waals surface area contributed by atoms with Crippen molar-refractivity contribution < 1.29 is 8.83 Å². The number of nitrogens with zero attached hydrogens (tertiary/aromatic N) is 4. The molecule has 0 N–H and O–H groups in total. The van der Waals surface area contributed by atoms with Gasteiger partial charge in [-0.15, -0.1) is 22.7 Å². The molecule has 2 aliphatic rings. The largest absolute Gasteiger partial charge is 0.436 e. The number of aromatic nitrogens is 4. The van der Waals surface area contributed by atoms with Gasteiger partial charge in [0.15, 0.2) is 0 Å². The molecule has 0 radical (unpaired) electrons. The first kappa shape index (κ1) is 54.6. The van der Waals surface area contributed by atoms with Crippen molar-refractivity contribution in [3.8, 4) is 89.3 Å². The Labute approximate surface area is 549 Å². The summed E-state index contributed by atoms with van der Waals surface area (Å²) in [7, 11) is 0. The maximum Gasteiger partial charge on any atom is 0.246 e. The minimum absolute atomic E-state index is 0.0962. The van der Waals surface area contributed by atoms with Crippen LogP contribution >= 0.6 is 22.7 Å². The zero-order chi connectivity index (χ0) is 62.6. The number of thiophene rings is 2. The van der Waals surface area contributed by atoms with Crippen molar-refractivity contribution >= 4 is 107 Å². The average molecular weight is 1240 g/mol. The lowest BCUT2D eigenvalue weighted by molar-refractivity contribution is 0.652. The molecule has 2 aliphatic carbocycles. The summed E-state index contributed by atoms with van der Waals surface area (Å²) in [6.07, 6.45) is 3.69. The lowest BCUT2D eigenvalue weighted by atomic mass is 9.79. The monoisotopic (exact) mass is 1240 g/mol. The first-order valence-corrected chi connectivity index (χ1v) is 33.6. The minimum atomic E-state index is -0.136. The summed E-state index contributed by atoms with van der Waals surface area (Å²) in [6, 6.07) is 91.5. The van der Waals surface area contributed by atoms with Gasteiger partial charge in [0.05, 0.1) is 29.2 Å². The molecule has 6 aromatic heterocycles. The quantitative estimate of drug-likeness (QED) is 0.165. The molecular weight excluding hydrogens is 1190 g/mol. The molecule has 0 amide bonds. The molecule has 0 atom stereocenters. The van der Waals surface area contributed by atoms with Crippen molar-refractivity contribution in [2.24, 2.45) is 0 Å². The molecule has 94 heavy (non-hydrogen) atoms. The summed E-state index contributed by atoms with van der Waals surface area (Å²) in [5.41, 5.74) is 27.9. The Morgan fingerprint density at radius 2 is 0.745 bits per heavy atom. The van der Waals surface area contributed by atoms with Crippen LogP contribution in [0.15, 0.2) is 276 Å². The van der Waals surface area contributed by atoms with Crippen LogP contribution < -0.4 is 0 Å². The Morgan fingerprint density at radius 1 is 0.309 bits per heavy atom. The molecular formula is C86H56N4O2S2. The van der Waals surface area contributed by atoms with Crippen LogP contribution in [0.2, 0.25) is 0 Å². The van der Waals surface area contributed by atoms with Crippen molar-refractivity contribution in [2.45, 2.75) is 38.5 Å². The maximum absolute atomic E-state index is 6.31. The van der Waals surface area contributed by atoms with E-state index in [2.05, 4.69) is 276 Å². The molecule has 18 aromatic rings. The van der Waals surface area contributed by atoms with Crippen molar-refractivity contribution in [1.82, 2.24) is 19.9 Å². The summed E-state index contributed by atoms with van der Waals surface area (Å²) in [5.74, 6) is 0. The van der Waals surface area contributed by atoms with Gasteiger partial charge in [-0.25, -0.2) is 19.9 Å². The number of furan rings is 2. The van der Waals surface area contributed by atoms with E-state index < -0.39 is 0 Å². The van der Waals surface area contributed by atoms with E-state index in [1.807, 2.05) is 41.1 Å². The molecule has 0 spiro atoms. The van der Waals surface area contributed by atoms with E-state index in [-0.39, 0.29) is 10.8 Å². The normalized spacial score (nSPS) is 13.5. The van der Waals surface area contributed by atoms with Crippen LogP contribution in [0, 0.1) is 0 Å². The molecule has 8 heteroatoms. The molecule has 0 bridgehead atoms. The number of rotatable bonds is 6. The highest BCUT2D eigenvalue weighted by molar-refractivity contribution is 7.26. The van der Waals surface area contributed by atoms with E-state index >= 15 is 0 Å². The molecule has 0 aliphatic heterocycles. The number of fused-ring (bicyclic) bond motifs is 18. The standard InChI is InChI=1S/C46H26N2OS2.C40H30N2O/c1-3-22-40-34(14-1)36-19-7-17-32(44(36)50-40)28-11-5-10-27(24-28)31-16-9-21-39-42(31)43-46(49-39)47-26-38(48-43)30-13-6-12-29(25-30)33-18-8-20-37-35-15-2-4-23-41(35)51-45(33)37;1-39(2)31-17-7-5-11-25(31)27-14-9-13-24(35(27)39)23-19-20-34-30(21-23)37-38(43-34)41-22-33(42-37)29-16-10-15-28-26-12-6-8-18-32(26)40(3,4)36(28)29/h1-26H;5-22H,1-4H3. The summed E-state index contributed by atoms with van der Waals surface area (Å²) in [5, 5.41) is 7.17. The molecule has 6 nitrogen and oxygen atoms in total. The average Bonchev–Trinajstić information content (AvgIpc) is 1.58. The molecule has 0 saturated carbocycles. The van der Waals surface area contributed by atoms with E-state index in [0.29, 0.717) is 11.4 Å². The summed E-state index contributed by atoms with van der Waals surface area (Å²) >= 11 is 3.71. The topological polar surface area (TPSA) is 77.8 Å². The van der Waals surface area contributed by atoms with Crippen molar-refractivity contribution in [3.05, 3.63) is 289 Å². The zero-order valence-electron chi connectivity index (χ0n) is 51.8. The van der Waals surface area contributed by atoms with E-state index in [1.165, 1.54) is 107 Å². The lowest BCUT2D eigenvalue weighted by Gasteiger charge is -2.24. The van der Waals surface area contributed by atoms with E-state index in [9.17, 15) is 0 Å². The SMILES string of the molecule is CC1(C)c2ccccc2-c2cccc(-c3ccc4oc5ncc(-c6cccc7c6C(C)(C)c6ccccc6-7)nc5c4c3)c21.c1cc(-c2cnc3oc4cccc(-c5cccc(-c6cccc7c6sc6ccccc67)c5)c4c3n2)cc(-c2cccc3c2sc2ccccc23)c1. The van der Waals surface area contributed by atoms with E-state index in [4.69, 9.17) is 28.8 Å². The lowest BCUT2D eigenvalue weighted by Crippen LogP contribution is -2.16. The summed E-state index contributed by atoms with van der Waals surface area (Å²) in [4.78, 5) is 20.1. The highest BCUT2D eigenvalue weighted by Crippen LogP contribution is 2.54. The molecule has 12 aromatic carbocycles. The highest BCUT2D eigenvalue weighted by atomic mass is 32.1. The zero-order valence-corrected chi connectivity index (χ0v) is 53.5. The maximum atomic E-state index is 6.31. The molecule has 20 rings (SSSR count). The Bertz CT molecular complexity index is 6060. The second-order valence-electron chi connectivity index (χ2n) is 25.9. The first-order chi connectivity index (χ1) is 46.1. The van der Waals surface area contributed by atoms with Gasteiger partial charge in [0.2, 0.25) is 11.4 Å². The van der Waals surface area contributed by atoms with Crippen LogP contribution in [0.25, 0.3) is 174 Å². The number of benzene rings is 12. The van der Waals surface area contributed by atoms with Gasteiger partial charge in [-0.1, -0.05) is 240 Å². The van der Waals surface area contributed by atoms with Gasteiger partial charge in [-0.05, 0) is 131 Å². The summed E-state index contributed by atoms with van der Waals surface area (Å²) < 4.78 is 17.8. The third kappa shape index (κ3) is 8.26. The van der Waals surface area contributed by atoms with Gasteiger partial charge >= 0.3 is 0 Å². The van der Waals surface area contributed by atoms with Gasteiger partial charge < -0.3 is 8.83 Å². The molecule has 6 heterocycles. The Balaban J connectivity index is 0.000000135. The third-order valence-electron chi connectivity index (χ3n) is 19.9. The van der Waals surface area contributed by atoms with Gasteiger partial charge in [-0.3, -0.25) is 0 Å². The van der Waals surface area contributed by atoms with Crippen LogP contribution in [0.3, 0.4) is 0 Å². The third-order valence-corrected chi connectivity index (χ3v) is 22.3. The first-order valence-electron chi connectivity index (χ1n) is 32.0. The predicted octanol–water partition coefficient (Wildman–Crippen LogP) is 24.1. The van der Waals surface area contributed by atoms with Crippen molar-refractivity contribution in [3.63, 3.8) is 0 Å². The molecule has 0 fully saturated rings. The van der Waals surface area contributed by atoms with Crippen LogP contribution in [-0.2, 0) is 10.8 Å². The Morgan fingerprint density at radius 3 is 1.40 bits per heavy atom. The second-order valence-corrected chi connectivity index (χ2v) is 28.0. The van der Waals surface area contributed by atoms with Gasteiger partial charge in [-0.2, -0.15) is 0 Å². The van der Waals surface area contributed by atoms with Gasteiger partial charge in [0, 0.05) is 67.7 Å². The minimum Gasteiger partial charge on any atom is -0.436 e. The van der Waals surface area contributed by atoms with Gasteiger partial charge in [0.25, 0.3) is 0 Å². The smallest absolute Gasteiger partial charge is 0.246 e. The molecule has 444 valence electrons. The van der Waals surface area contributed by atoms with Crippen LogP contribution in [0.4, 0.5) is 0 Å². The van der Waals surface area contributed by atoms with Crippen molar-refractivity contribution in [2.75, 3.05) is 0 Å². The van der Waals surface area contributed by atoms with Crippen molar-refractivity contribution in [1.29, 1.82) is 0 Å². The highest BCUT2D eigenvalue weighted by Gasteiger charge is 2.39. The fourth-order valence-corrected chi connectivity index (χ4v) is 18.1.